The topological polar surface area (TPSA) is 80.0 Å². The van der Waals surface area contributed by atoms with Crippen molar-refractivity contribution in [2.75, 3.05) is 0 Å². The SMILES string of the molecule is CCC(Cc1ccc(C)cc1)NC(=O)NCc1noc(C)n1. The van der Waals surface area contributed by atoms with Crippen molar-refractivity contribution < 1.29 is 9.32 Å². The van der Waals surface area contributed by atoms with Crippen LogP contribution in [-0.4, -0.2) is 22.2 Å². The van der Waals surface area contributed by atoms with Gasteiger partial charge in [0, 0.05) is 13.0 Å². The Hall–Kier alpha value is -2.37. The quantitative estimate of drug-likeness (QED) is 0.859. The summed E-state index contributed by atoms with van der Waals surface area (Å²) < 4.78 is 4.85. The van der Waals surface area contributed by atoms with Crippen LogP contribution in [0.4, 0.5) is 4.79 Å². The van der Waals surface area contributed by atoms with Crippen LogP contribution in [0.25, 0.3) is 0 Å². The standard InChI is InChI=1S/C16H22N4O2/c1-4-14(9-13-7-5-11(2)6-8-13)19-16(21)17-10-15-18-12(3)22-20-15/h5-8,14H,4,9-10H2,1-3H3,(H2,17,19,21). The summed E-state index contributed by atoms with van der Waals surface area (Å²) in [6.07, 6.45) is 1.67. The first-order chi connectivity index (χ1) is 10.6. The van der Waals surface area contributed by atoms with Crippen LogP contribution >= 0.6 is 0 Å². The van der Waals surface area contributed by atoms with Gasteiger partial charge in [-0.15, -0.1) is 0 Å². The largest absolute Gasteiger partial charge is 0.340 e. The van der Waals surface area contributed by atoms with Gasteiger partial charge in [-0.2, -0.15) is 4.98 Å². The van der Waals surface area contributed by atoms with E-state index in [9.17, 15) is 4.79 Å². The highest BCUT2D eigenvalue weighted by atomic mass is 16.5. The van der Waals surface area contributed by atoms with E-state index in [1.165, 1.54) is 11.1 Å². The Balaban J connectivity index is 1.81. The Bertz CT molecular complexity index is 607. The highest BCUT2D eigenvalue weighted by molar-refractivity contribution is 5.74. The number of nitrogens with zero attached hydrogens (tertiary/aromatic N) is 2. The Labute approximate surface area is 130 Å². The van der Waals surface area contributed by atoms with Crippen LogP contribution in [0.5, 0.6) is 0 Å². The summed E-state index contributed by atoms with van der Waals surface area (Å²) in [6, 6.07) is 8.23. The Morgan fingerprint density at radius 2 is 2.00 bits per heavy atom. The molecule has 0 aliphatic carbocycles. The molecule has 1 unspecified atom stereocenters. The molecule has 0 bridgehead atoms. The molecule has 0 spiro atoms. The molecule has 0 radical (unpaired) electrons. The van der Waals surface area contributed by atoms with E-state index in [0.717, 1.165) is 12.8 Å². The average Bonchev–Trinajstić information content (AvgIpc) is 2.92. The fourth-order valence-electron chi connectivity index (χ4n) is 2.11. The van der Waals surface area contributed by atoms with Crippen LogP contribution in [0.1, 0.15) is 36.2 Å². The molecular formula is C16H22N4O2. The Morgan fingerprint density at radius 1 is 1.27 bits per heavy atom. The molecule has 6 nitrogen and oxygen atoms in total. The molecule has 0 saturated carbocycles. The summed E-state index contributed by atoms with van der Waals surface area (Å²) in [7, 11) is 0. The van der Waals surface area contributed by atoms with E-state index in [1.54, 1.807) is 6.92 Å². The lowest BCUT2D eigenvalue weighted by Gasteiger charge is -2.17. The summed E-state index contributed by atoms with van der Waals surface area (Å²) in [5.41, 5.74) is 2.45. The number of urea groups is 1. The summed E-state index contributed by atoms with van der Waals surface area (Å²) in [5, 5.41) is 9.44. The number of nitrogens with one attached hydrogen (secondary N) is 2. The van der Waals surface area contributed by atoms with Crippen molar-refractivity contribution >= 4 is 6.03 Å². The molecule has 2 N–H and O–H groups in total. The molecule has 1 aromatic carbocycles. The molecule has 22 heavy (non-hydrogen) atoms. The number of carbonyl (C=O) groups is 1. The molecule has 1 heterocycles. The van der Waals surface area contributed by atoms with Crippen LogP contribution in [0, 0.1) is 13.8 Å². The third kappa shape index (κ3) is 4.87. The van der Waals surface area contributed by atoms with Gasteiger partial charge in [-0.25, -0.2) is 4.79 Å². The first-order valence-electron chi connectivity index (χ1n) is 7.46. The lowest BCUT2D eigenvalue weighted by molar-refractivity contribution is 0.235. The minimum atomic E-state index is -0.221. The second kappa shape index (κ2) is 7.59. The van der Waals surface area contributed by atoms with Gasteiger partial charge in [0.05, 0.1) is 6.54 Å². The lowest BCUT2D eigenvalue weighted by Crippen LogP contribution is -2.42. The second-order valence-electron chi connectivity index (χ2n) is 5.35. The number of amides is 2. The molecule has 0 aliphatic rings. The molecule has 118 valence electrons. The van der Waals surface area contributed by atoms with Crippen molar-refractivity contribution in [3.05, 3.63) is 47.1 Å². The van der Waals surface area contributed by atoms with Gasteiger partial charge in [0.25, 0.3) is 0 Å². The van der Waals surface area contributed by atoms with Gasteiger partial charge in [0.2, 0.25) is 5.89 Å². The van der Waals surface area contributed by atoms with Crippen LogP contribution in [0.3, 0.4) is 0 Å². The van der Waals surface area contributed by atoms with E-state index in [2.05, 4.69) is 58.9 Å². The maximum Gasteiger partial charge on any atom is 0.315 e. The maximum absolute atomic E-state index is 11.9. The predicted molar refractivity (Wildman–Crippen MR) is 83.4 cm³/mol. The minimum absolute atomic E-state index is 0.0923. The summed E-state index contributed by atoms with van der Waals surface area (Å²) in [4.78, 5) is 16.0. The molecule has 0 saturated heterocycles. The molecule has 0 fully saturated rings. The molecule has 2 aromatic rings. The van der Waals surface area contributed by atoms with Crippen molar-refractivity contribution in [3.8, 4) is 0 Å². The minimum Gasteiger partial charge on any atom is -0.340 e. The number of carbonyl (C=O) groups excluding carboxylic acids is 1. The maximum atomic E-state index is 11.9. The number of hydrogen-bond acceptors (Lipinski definition) is 4. The second-order valence-corrected chi connectivity index (χ2v) is 5.35. The first kappa shape index (κ1) is 16.0. The molecule has 1 aromatic heterocycles. The van der Waals surface area contributed by atoms with E-state index in [0.29, 0.717) is 11.7 Å². The molecule has 6 heteroatoms. The monoisotopic (exact) mass is 302 g/mol. The zero-order valence-electron chi connectivity index (χ0n) is 13.2. The Kier molecular flexibility index (Phi) is 5.52. The van der Waals surface area contributed by atoms with Crippen molar-refractivity contribution in [1.29, 1.82) is 0 Å². The van der Waals surface area contributed by atoms with Gasteiger partial charge in [-0.3, -0.25) is 0 Å². The number of aromatic nitrogens is 2. The smallest absolute Gasteiger partial charge is 0.315 e. The van der Waals surface area contributed by atoms with Gasteiger partial charge < -0.3 is 15.2 Å². The average molecular weight is 302 g/mol. The number of rotatable bonds is 6. The fourth-order valence-corrected chi connectivity index (χ4v) is 2.11. The predicted octanol–water partition coefficient (Wildman–Crippen LogP) is 2.51. The number of aryl methyl sites for hydroxylation is 2. The van der Waals surface area contributed by atoms with Gasteiger partial charge in [0.15, 0.2) is 5.82 Å². The summed E-state index contributed by atoms with van der Waals surface area (Å²) in [6.45, 7) is 6.09. The van der Waals surface area contributed by atoms with E-state index >= 15 is 0 Å². The number of benzene rings is 1. The third-order valence-electron chi connectivity index (χ3n) is 3.41. The zero-order valence-corrected chi connectivity index (χ0v) is 13.2. The normalized spacial score (nSPS) is 12.0. The molecule has 2 rings (SSSR count). The zero-order chi connectivity index (χ0) is 15.9. The molecule has 0 aliphatic heterocycles. The molecular weight excluding hydrogens is 280 g/mol. The number of hydrogen-bond donors (Lipinski definition) is 2. The summed E-state index contributed by atoms with van der Waals surface area (Å²) in [5.74, 6) is 0.960. The highest BCUT2D eigenvalue weighted by Crippen LogP contribution is 2.08. The highest BCUT2D eigenvalue weighted by Gasteiger charge is 2.12. The van der Waals surface area contributed by atoms with Crippen molar-refractivity contribution in [1.82, 2.24) is 20.8 Å². The van der Waals surface area contributed by atoms with Crippen LogP contribution in [-0.2, 0) is 13.0 Å². The van der Waals surface area contributed by atoms with Gasteiger partial charge in [-0.05, 0) is 25.3 Å². The van der Waals surface area contributed by atoms with Crippen molar-refractivity contribution in [2.24, 2.45) is 0 Å². The van der Waals surface area contributed by atoms with E-state index in [-0.39, 0.29) is 18.6 Å². The first-order valence-corrected chi connectivity index (χ1v) is 7.46. The molecule has 1 atom stereocenters. The lowest BCUT2D eigenvalue weighted by atomic mass is 10.0. The third-order valence-corrected chi connectivity index (χ3v) is 3.41. The van der Waals surface area contributed by atoms with Gasteiger partial charge >= 0.3 is 6.03 Å². The van der Waals surface area contributed by atoms with Crippen LogP contribution in [0.15, 0.2) is 28.8 Å². The fraction of sp³-hybridized carbons (Fsp3) is 0.438. The van der Waals surface area contributed by atoms with Crippen LogP contribution < -0.4 is 10.6 Å². The Morgan fingerprint density at radius 3 is 2.59 bits per heavy atom. The van der Waals surface area contributed by atoms with E-state index in [1.807, 2.05) is 0 Å². The van der Waals surface area contributed by atoms with Crippen molar-refractivity contribution in [2.45, 2.75) is 46.2 Å². The van der Waals surface area contributed by atoms with Gasteiger partial charge in [-0.1, -0.05) is 41.9 Å². The van der Waals surface area contributed by atoms with E-state index in [4.69, 9.17) is 4.52 Å². The van der Waals surface area contributed by atoms with Crippen molar-refractivity contribution in [3.63, 3.8) is 0 Å². The molecule has 2 amide bonds. The van der Waals surface area contributed by atoms with E-state index < -0.39 is 0 Å². The van der Waals surface area contributed by atoms with Gasteiger partial charge in [0.1, 0.15) is 0 Å². The summed E-state index contributed by atoms with van der Waals surface area (Å²) >= 11 is 0. The van der Waals surface area contributed by atoms with Crippen LogP contribution in [0.2, 0.25) is 0 Å².